The lowest BCUT2D eigenvalue weighted by atomic mass is 11.6. The van der Waals surface area contributed by atoms with Crippen molar-refractivity contribution in [3.8, 4) is 0 Å². The third-order valence-electron chi connectivity index (χ3n) is 0. The zero-order valence-corrected chi connectivity index (χ0v) is 7.18. The van der Waals surface area contributed by atoms with Crippen molar-refractivity contribution in [3.05, 3.63) is 0 Å². The molecule has 0 atom stereocenters. The van der Waals surface area contributed by atoms with Gasteiger partial charge in [0.15, 0.2) is 0 Å². The Morgan fingerprint density at radius 2 is 0.900 bits per heavy atom. The van der Waals surface area contributed by atoms with Crippen molar-refractivity contribution in [2.24, 2.45) is 5.73 Å². The van der Waals surface area contributed by atoms with E-state index >= 15 is 0 Å². The highest BCUT2D eigenvalue weighted by atomic mass is 31.1. The number of nitrogens with two attached hydrogens (primary N) is 1. The first-order chi connectivity index (χ1) is 4.46. The molecule has 0 spiro atoms. The van der Waals surface area contributed by atoms with Crippen molar-refractivity contribution in [1.82, 2.24) is 0 Å². The Bertz CT molecular complexity index is 73.7. The second kappa shape index (κ2) is 16.1. The zero-order chi connectivity index (χ0) is 9.15. The van der Waals surface area contributed by atoms with Gasteiger partial charge in [0.05, 0.1) is 0 Å². The lowest BCUT2D eigenvalue weighted by molar-refractivity contribution is 0.403. The molecule has 0 aliphatic heterocycles. The summed E-state index contributed by atoms with van der Waals surface area (Å²) < 4.78 is 17.5. The van der Waals surface area contributed by atoms with E-state index < -0.39 is 16.5 Å². The van der Waals surface area contributed by atoms with Crippen LogP contribution in [0.1, 0.15) is 0 Å². The average Bonchev–Trinajstić information content (AvgIpc) is 1.66. The maximum Gasteiger partial charge on any atom is 0.314 e. The Kier molecular flexibility index (Phi) is 26.9. The molecule has 0 radical (unpaired) electrons. The fourth-order valence-electron chi connectivity index (χ4n) is 0. The van der Waals surface area contributed by atoms with E-state index in [9.17, 15) is 0 Å². The largest absolute Gasteiger partial charge is 0.333 e. The molecular formula is CH11NO6P2. The van der Waals surface area contributed by atoms with Crippen molar-refractivity contribution in [2.45, 2.75) is 0 Å². The molecule has 0 aliphatic rings. The quantitative estimate of drug-likeness (QED) is 0.290. The molecule has 0 unspecified atom stereocenters. The Morgan fingerprint density at radius 3 is 0.900 bits per heavy atom. The minimum atomic E-state index is -3.13. The van der Waals surface area contributed by atoms with Crippen LogP contribution >= 0.6 is 16.5 Å². The first-order valence-electron chi connectivity index (χ1n) is 1.88. The molecule has 0 aliphatic carbocycles. The second-order valence-electron chi connectivity index (χ2n) is 0.565. The van der Waals surface area contributed by atoms with Crippen LogP contribution in [-0.4, -0.2) is 26.6 Å². The van der Waals surface area contributed by atoms with Gasteiger partial charge in [-0.05, 0) is 7.05 Å². The van der Waals surface area contributed by atoms with Crippen LogP contribution in [0.3, 0.4) is 0 Å². The van der Waals surface area contributed by atoms with E-state index in [1.165, 1.54) is 7.05 Å². The van der Waals surface area contributed by atoms with E-state index in [1.807, 2.05) is 0 Å². The molecule has 7 nitrogen and oxygen atoms in total. The molecule has 0 saturated heterocycles. The van der Waals surface area contributed by atoms with Gasteiger partial charge >= 0.3 is 16.5 Å². The topological polar surface area (TPSA) is 141 Å². The predicted octanol–water partition coefficient (Wildman–Crippen LogP) is -1.70. The monoisotopic (exact) mass is 195 g/mol. The van der Waals surface area contributed by atoms with E-state index in [0.29, 0.717) is 0 Å². The van der Waals surface area contributed by atoms with Gasteiger partial charge in [0.1, 0.15) is 0 Å². The highest BCUT2D eigenvalue weighted by Crippen LogP contribution is 1.98. The van der Waals surface area contributed by atoms with Crippen LogP contribution in [-0.2, 0) is 9.13 Å². The second-order valence-corrected chi connectivity index (χ2v) is 1.70. The third-order valence-corrected chi connectivity index (χ3v) is 0. The Balaban J connectivity index is -0.0000000787. The summed E-state index contributed by atoms with van der Waals surface area (Å²) in [7, 11) is -4.76. The number of rotatable bonds is 0. The van der Waals surface area contributed by atoms with Gasteiger partial charge in [-0.1, -0.05) is 0 Å². The van der Waals surface area contributed by atoms with Crippen molar-refractivity contribution in [1.29, 1.82) is 0 Å². The van der Waals surface area contributed by atoms with Gasteiger partial charge in [0, 0.05) is 0 Å². The molecule has 9 heteroatoms. The Morgan fingerprint density at radius 1 is 0.900 bits per heavy atom. The fraction of sp³-hybridized carbons (Fsp3) is 1.00. The van der Waals surface area contributed by atoms with E-state index in [2.05, 4.69) is 5.73 Å². The zero-order valence-electron chi connectivity index (χ0n) is 5.18. The molecule has 0 amide bonds. The van der Waals surface area contributed by atoms with E-state index in [4.69, 9.17) is 28.7 Å². The molecule has 66 valence electrons. The molecule has 0 bridgehead atoms. The summed E-state index contributed by atoms with van der Waals surface area (Å²) in [5, 5.41) is 0. The van der Waals surface area contributed by atoms with Gasteiger partial charge in [-0.3, -0.25) is 9.13 Å². The van der Waals surface area contributed by atoms with Crippen LogP contribution in [0.2, 0.25) is 0 Å². The molecule has 0 rings (SSSR count). The highest BCUT2D eigenvalue weighted by Gasteiger charge is 1.62. The SMILES string of the molecule is CN.O=[PH](O)O.O=[PH](O)O. The lowest BCUT2D eigenvalue weighted by Gasteiger charge is -1.61. The standard InChI is InChI=1S/CH5N.2H3O3P/c1-2;2*1-4(2)3/h2H2,1H3;2*4H,(H2,1,2,3). The third kappa shape index (κ3) is 6440. The summed E-state index contributed by atoms with van der Waals surface area (Å²) in [6, 6.07) is 0. The van der Waals surface area contributed by atoms with Crippen LogP contribution < -0.4 is 5.73 Å². The summed E-state index contributed by atoms with van der Waals surface area (Å²) in [6.45, 7) is 0. The molecule has 0 fully saturated rings. The van der Waals surface area contributed by atoms with E-state index in [-0.39, 0.29) is 0 Å². The summed E-state index contributed by atoms with van der Waals surface area (Å²) in [5.41, 5.74) is 4.50. The van der Waals surface area contributed by atoms with Crippen LogP contribution in [0.25, 0.3) is 0 Å². The number of hydrogen-bond acceptors (Lipinski definition) is 3. The molecule has 0 heterocycles. The maximum atomic E-state index is 8.74. The van der Waals surface area contributed by atoms with Gasteiger partial charge in [-0.2, -0.15) is 0 Å². The minimum Gasteiger partial charge on any atom is -0.333 e. The van der Waals surface area contributed by atoms with Crippen molar-refractivity contribution in [3.63, 3.8) is 0 Å². The van der Waals surface area contributed by atoms with Gasteiger partial charge in [0.25, 0.3) is 0 Å². The van der Waals surface area contributed by atoms with Crippen LogP contribution in [0.4, 0.5) is 0 Å². The first kappa shape index (κ1) is 16.7. The smallest absolute Gasteiger partial charge is 0.314 e. The van der Waals surface area contributed by atoms with Gasteiger partial charge in [-0.25, -0.2) is 0 Å². The minimum absolute atomic E-state index is 1.50. The van der Waals surface area contributed by atoms with E-state index in [0.717, 1.165) is 0 Å². The Labute approximate surface area is 59.0 Å². The van der Waals surface area contributed by atoms with Gasteiger partial charge in [-0.15, -0.1) is 0 Å². The van der Waals surface area contributed by atoms with Gasteiger partial charge < -0.3 is 25.3 Å². The molecule has 0 aromatic rings. The lowest BCUT2D eigenvalue weighted by Crippen LogP contribution is -1.69. The molecule has 0 aromatic heterocycles. The van der Waals surface area contributed by atoms with Crippen molar-refractivity contribution in [2.75, 3.05) is 7.05 Å². The summed E-state index contributed by atoms with van der Waals surface area (Å²) in [5.74, 6) is 0. The Hall–Kier alpha value is 0.260. The maximum absolute atomic E-state index is 8.74. The summed E-state index contributed by atoms with van der Waals surface area (Å²) in [6.07, 6.45) is 0. The normalized spacial score (nSPS) is 7.60. The fourth-order valence-corrected chi connectivity index (χ4v) is 0. The molecule has 6 N–H and O–H groups in total. The first-order valence-corrected chi connectivity index (χ1v) is 4.49. The molecular weight excluding hydrogens is 184 g/mol. The summed E-state index contributed by atoms with van der Waals surface area (Å²) in [4.78, 5) is 28.6. The van der Waals surface area contributed by atoms with Crippen LogP contribution in [0, 0.1) is 0 Å². The van der Waals surface area contributed by atoms with Crippen LogP contribution in [0.5, 0.6) is 0 Å². The van der Waals surface area contributed by atoms with Crippen LogP contribution in [0.15, 0.2) is 0 Å². The van der Waals surface area contributed by atoms with Crippen molar-refractivity contribution < 1.29 is 28.7 Å². The highest BCUT2D eigenvalue weighted by molar-refractivity contribution is 7.31. The number of hydrogen-bond donors (Lipinski definition) is 5. The van der Waals surface area contributed by atoms with Gasteiger partial charge in [0.2, 0.25) is 0 Å². The predicted molar refractivity (Wildman–Crippen MR) is 37.0 cm³/mol. The van der Waals surface area contributed by atoms with E-state index in [1.54, 1.807) is 0 Å². The van der Waals surface area contributed by atoms with Crippen molar-refractivity contribution >= 4 is 16.5 Å². The molecule has 0 saturated carbocycles. The average molecular weight is 195 g/mol. The molecule has 10 heavy (non-hydrogen) atoms. The summed E-state index contributed by atoms with van der Waals surface area (Å²) >= 11 is 0. The molecule has 0 aromatic carbocycles.